The summed E-state index contributed by atoms with van der Waals surface area (Å²) in [6.45, 7) is 7.47. The first-order chi connectivity index (χ1) is 14.5. The van der Waals surface area contributed by atoms with Crippen LogP contribution < -0.4 is 10.1 Å². The van der Waals surface area contributed by atoms with Crippen molar-refractivity contribution in [2.75, 3.05) is 32.8 Å². The lowest BCUT2D eigenvalue weighted by atomic mass is 10.1. The summed E-state index contributed by atoms with van der Waals surface area (Å²) in [6, 6.07) is 15.7. The SMILES string of the molecule is CCCOc1cccc(CNC(=O)N2CCN(C(=O)Cc3ccc(C)cc3)CC2)c1. The van der Waals surface area contributed by atoms with Crippen LogP contribution in [0.5, 0.6) is 5.75 Å². The molecule has 6 nitrogen and oxygen atoms in total. The predicted octanol–water partition coefficient (Wildman–Crippen LogP) is 3.38. The van der Waals surface area contributed by atoms with Crippen molar-refractivity contribution in [3.8, 4) is 5.75 Å². The van der Waals surface area contributed by atoms with Crippen molar-refractivity contribution in [1.29, 1.82) is 0 Å². The fourth-order valence-corrected chi connectivity index (χ4v) is 3.41. The maximum absolute atomic E-state index is 12.5. The molecule has 0 saturated carbocycles. The Morgan fingerprint density at radius 2 is 1.67 bits per heavy atom. The number of hydrogen-bond donors (Lipinski definition) is 1. The number of benzene rings is 2. The lowest BCUT2D eigenvalue weighted by Crippen LogP contribution is -2.53. The van der Waals surface area contributed by atoms with Crippen molar-refractivity contribution in [1.82, 2.24) is 15.1 Å². The predicted molar refractivity (Wildman–Crippen MR) is 117 cm³/mol. The molecule has 0 unspecified atom stereocenters. The highest BCUT2D eigenvalue weighted by molar-refractivity contribution is 5.79. The van der Waals surface area contributed by atoms with Crippen molar-refractivity contribution in [3.05, 3.63) is 65.2 Å². The van der Waals surface area contributed by atoms with E-state index >= 15 is 0 Å². The number of hydrogen-bond acceptors (Lipinski definition) is 3. The molecule has 3 rings (SSSR count). The average molecular weight is 410 g/mol. The van der Waals surface area contributed by atoms with Gasteiger partial charge in [0.1, 0.15) is 5.75 Å². The summed E-state index contributed by atoms with van der Waals surface area (Å²) in [5.74, 6) is 0.937. The van der Waals surface area contributed by atoms with E-state index in [1.54, 1.807) is 4.90 Å². The van der Waals surface area contributed by atoms with Gasteiger partial charge in [-0.1, -0.05) is 48.9 Å². The minimum Gasteiger partial charge on any atom is -0.494 e. The van der Waals surface area contributed by atoms with Gasteiger partial charge in [-0.15, -0.1) is 0 Å². The number of carbonyl (C=O) groups is 2. The van der Waals surface area contributed by atoms with E-state index in [4.69, 9.17) is 4.74 Å². The van der Waals surface area contributed by atoms with Crippen LogP contribution in [-0.2, 0) is 17.8 Å². The van der Waals surface area contributed by atoms with E-state index in [2.05, 4.69) is 12.2 Å². The molecular weight excluding hydrogens is 378 g/mol. The minimum absolute atomic E-state index is 0.0967. The van der Waals surface area contributed by atoms with Crippen molar-refractivity contribution in [2.24, 2.45) is 0 Å². The molecule has 1 N–H and O–H groups in total. The van der Waals surface area contributed by atoms with Gasteiger partial charge in [-0.2, -0.15) is 0 Å². The second-order valence-electron chi connectivity index (χ2n) is 7.68. The normalized spacial score (nSPS) is 13.8. The first-order valence-electron chi connectivity index (χ1n) is 10.6. The molecule has 1 heterocycles. The molecule has 1 aliphatic rings. The van der Waals surface area contributed by atoms with Gasteiger partial charge in [0.2, 0.25) is 5.91 Å². The van der Waals surface area contributed by atoms with Crippen LogP contribution in [-0.4, -0.2) is 54.5 Å². The summed E-state index contributed by atoms with van der Waals surface area (Å²) >= 11 is 0. The first kappa shape index (κ1) is 21.7. The molecule has 0 radical (unpaired) electrons. The molecule has 1 fully saturated rings. The van der Waals surface area contributed by atoms with Gasteiger partial charge in [0.25, 0.3) is 0 Å². The van der Waals surface area contributed by atoms with E-state index in [-0.39, 0.29) is 11.9 Å². The molecule has 3 amide bonds. The molecule has 0 atom stereocenters. The molecule has 2 aromatic rings. The van der Waals surface area contributed by atoms with Crippen LogP contribution in [0.4, 0.5) is 4.79 Å². The topological polar surface area (TPSA) is 61.9 Å². The van der Waals surface area contributed by atoms with Crippen molar-refractivity contribution >= 4 is 11.9 Å². The molecule has 2 aromatic carbocycles. The zero-order valence-electron chi connectivity index (χ0n) is 17.9. The average Bonchev–Trinajstić information content (AvgIpc) is 2.78. The summed E-state index contributed by atoms with van der Waals surface area (Å²) in [7, 11) is 0. The van der Waals surface area contributed by atoms with Crippen LogP contribution in [0, 0.1) is 6.92 Å². The van der Waals surface area contributed by atoms with Crippen molar-refractivity contribution < 1.29 is 14.3 Å². The van der Waals surface area contributed by atoms with Gasteiger partial charge in [0, 0.05) is 32.7 Å². The number of ether oxygens (including phenoxy) is 1. The maximum atomic E-state index is 12.5. The number of carbonyl (C=O) groups excluding carboxylic acids is 2. The molecule has 0 bridgehead atoms. The van der Waals surface area contributed by atoms with Gasteiger partial charge < -0.3 is 19.9 Å². The summed E-state index contributed by atoms with van der Waals surface area (Å²) in [5, 5.41) is 2.97. The van der Waals surface area contributed by atoms with Gasteiger partial charge in [0.15, 0.2) is 0 Å². The van der Waals surface area contributed by atoms with Crippen LogP contribution >= 0.6 is 0 Å². The van der Waals surface area contributed by atoms with Gasteiger partial charge >= 0.3 is 6.03 Å². The maximum Gasteiger partial charge on any atom is 0.317 e. The highest BCUT2D eigenvalue weighted by Crippen LogP contribution is 2.14. The van der Waals surface area contributed by atoms with E-state index in [1.165, 1.54) is 5.56 Å². The minimum atomic E-state index is -0.0967. The smallest absolute Gasteiger partial charge is 0.317 e. The molecular formula is C24H31N3O3. The summed E-state index contributed by atoms with van der Waals surface area (Å²) in [4.78, 5) is 28.7. The van der Waals surface area contributed by atoms with Crippen molar-refractivity contribution in [2.45, 2.75) is 33.2 Å². The molecule has 160 valence electrons. The van der Waals surface area contributed by atoms with Crippen LogP contribution in [0.2, 0.25) is 0 Å². The van der Waals surface area contributed by atoms with Gasteiger partial charge in [0.05, 0.1) is 13.0 Å². The quantitative estimate of drug-likeness (QED) is 0.763. The van der Waals surface area contributed by atoms with E-state index in [9.17, 15) is 9.59 Å². The number of aryl methyl sites for hydroxylation is 1. The second kappa shape index (κ2) is 10.7. The fourth-order valence-electron chi connectivity index (χ4n) is 3.41. The highest BCUT2D eigenvalue weighted by atomic mass is 16.5. The van der Waals surface area contributed by atoms with E-state index < -0.39 is 0 Å². The third-order valence-electron chi connectivity index (χ3n) is 5.21. The number of piperazine rings is 1. The number of urea groups is 1. The first-order valence-corrected chi connectivity index (χ1v) is 10.6. The van der Waals surface area contributed by atoms with Crippen LogP contribution in [0.3, 0.4) is 0 Å². The Kier molecular flexibility index (Phi) is 7.71. The highest BCUT2D eigenvalue weighted by Gasteiger charge is 2.24. The van der Waals surface area contributed by atoms with Crippen LogP contribution in [0.25, 0.3) is 0 Å². The third-order valence-corrected chi connectivity index (χ3v) is 5.21. The summed E-state index contributed by atoms with van der Waals surface area (Å²) in [6.07, 6.45) is 1.36. The van der Waals surface area contributed by atoms with Gasteiger partial charge in [-0.05, 0) is 36.6 Å². The molecule has 0 aliphatic carbocycles. The molecule has 0 spiro atoms. The third kappa shape index (κ3) is 6.24. The molecule has 30 heavy (non-hydrogen) atoms. The Balaban J connectivity index is 1.42. The second-order valence-corrected chi connectivity index (χ2v) is 7.68. The van der Waals surface area contributed by atoms with Gasteiger partial charge in [-0.25, -0.2) is 4.79 Å². The van der Waals surface area contributed by atoms with Crippen LogP contribution in [0.15, 0.2) is 48.5 Å². The number of amides is 3. The largest absolute Gasteiger partial charge is 0.494 e. The monoisotopic (exact) mass is 409 g/mol. The van der Waals surface area contributed by atoms with Gasteiger partial charge in [-0.3, -0.25) is 4.79 Å². The van der Waals surface area contributed by atoms with E-state index in [0.717, 1.165) is 23.3 Å². The van der Waals surface area contributed by atoms with E-state index in [1.807, 2.05) is 60.4 Å². The Morgan fingerprint density at radius 1 is 0.967 bits per heavy atom. The number of nitrogens with zero attached hydrogens (tertiary/aromatic N) is 2. The lowest BCUT2D eigenvalue weighted by molar-refractivity contribution is -0.131. The lowest BCUT2D eigenvalue weighted by Gasteiger charge is -2.34. The molecule has 6 heteroatoms. The molecule has 0 aromatic heterocycles. The fraction of sp³-hybridized carbons (Fsp3) is 0.417. The Hall–Kier alpha value is -3.02. The van der Waals surface area contributed by atoms with Crippen LogP contribution in [0.1, 0.15) is 30.0 Å². The zero-order valence-corrected chi connectivity index (χ0v) is 17.9. The molecule has 1 aliphatic heterocycles. The Morgan fingerprint density at radius 3 is 2.37 bits per heavy atom. The Labute approximate surface area is 178 Å². The van der Waals surface area contributed by atoms with Crippen molar-refractivity contribution in [3.63, 3.8) is 0 Å². The summed E-state index contributed by atoms with van der Waals surface area (Å²) < 4.78 is 5.64. The zero-order chi connectivity index (χ0) is 21.3. The summed E-state index contributed by atoms with van der Waals surface area (Å²) in [5.41, 5.74) is 3.21. The number of rotatable bonds is 7. The molecule has 1 saturated heterocycles. The van der Waals surface area contributed by atoms with E-state index in [0.29, 0.717) is 45.8 Å². The standard InChI is InChI=1S/C24H31N3O3/c1-3-15-30-22-6-4-5-21(16-22)18-25-24(29)27-13-11-26(12-14-27)23(28)17-20-9-7-19(2)8-10-20/h4-10,16H,3,11-15,17-18H2,1-2H3,(H,25,29). The Bertz CT molecular complexity index is 843. The number of nitrogens with one attached hydrogen (secondary N) is 1.